The van der Waals surface area contributed by atoms with Crippen LogP contribution in [0.25, 0.3) is 22.0 Å². The van der Waals surface area contributed by atoms with Gasteiger partial charge in [0.15, 0.2) is 12.0 Å². The van der Waals surface area contributed by atoms with Crippen molar-refractivity contribution < 1.29 is 19.1 Å². The molecule has 0 aliphatic rings. The number of carboxylic acid groups (broad SMARTS) is 1. The summed E-state index contributed by atoms with van der Waals surface area (Å²) in [5.41, 5.74) is 4.71. The molecule has 8 heteroatoms. The first kappa shape index (κ1) is 21.1. The summed E-state index contributed by atoms with van der Waals surface area (Å²) in [6, 6.07) is 18.8. The summed E-state index contributed by atoms with van der Waals surface area (Å²) in [4.78, 5) is 43.3. The Kier molecular flexibility index (Phi) is 5.39. The molecule has 0 saturated carbocycles. The molecule has 0 unspecified atom stereocenters. The highest BCUT2D eigenvalue weighted by molar-refractivity contribution is 5.98. The first-order valence-electron chi connectivity index (χ1n) is 10.5. The number of carboxylic acids is 1. The van der Waals surface area contributed by atoms with E-state index in [1.807, 2.05) is 18.2 Å². The van der Waals surface area contributed by atoms with Gasteiger partial charge in [-0.05, 0) is 65.0 Å². The number of oxazole rings is 1. The highest BCUT2D eigenvalue weighted by Crippen LogP contribution is 2.17. The zero-order valence-corrected chi connectivity index (χ0v) is 17.9. The lowest BCUT2D eigenvalue weighted by atomic mass is 10.0. The van der Waals surface area contributed by atoms with Gasteiger partial charge in [-0.1, -0.05) is 18.2 Å². The minimum Gasteiger partial charge on any atom is -0.478 e. The lowest BCUT2D eigenvalue weighted by Crippen LogP contribution is -2.22. The Hall–Kier alpha value is -4.72. The van der Waals surface area contributed by atoms with E-state index in [9.17, 15) is 14.4 Å². The summed E-state index contributed by atoms with van der Waals surface area (Å²) in [5, 5.41) is 12.7. The molecule has 0 bridgehead atoms. The van der Waals surface area contributed by atoms with Gasteiger partial charge in [0, 0.05) is 29.6 Å². The highest BCUT2D eigenvalue weighted by atomic mass is 16.4. The molecule has 8 nitrogen and oxygen atoms in total. The average molecular weight is 453 g/mol. The second-order valence-electron chi connectivity index (χ2n) is 7.94. The Morgan fingerprint density at radius 1 is 0.941 bits per heavy atom. The number of H-pyrrole nitrogens is 1. The lowest BCUT2D eigenvalue weighted by molar-refractivity contribution is 0.0696. The van der Waals surface area contributed by atoms with Crippen LogP contribution in [0.3, 0.4) is 0 Å². The predicted octanol–water partition coefficient (Wildman–Crippen LogP) is 3.89. The summed E-state index contributed by atoms with van der Waals surface area (Å²) in [7, 11) is 0. The predicted molar refractivity (Wildman–Crippen MR) is 126 cm³/mol. The standard InChI is InChI=1S/C26H19N3O5/c30-24(27-13-16-3-8-23-22(10-16)28-14-34-23)18-6-7-21-19(11-18)12-20(25(31)29-21)9-15-1-4-17(5-2-15)26(32)33/h1-8,10-12,14H,9,13H2,(H,27,30)(H,29,31)(H,32,33). The van der Waals surface area contributed by atoms with Crippen LogP contribution in [0.5, 0.6) is 0 Å². The fourth-order valence-corrected chi connectivity index (χ4v) is 3.81. The third-order valence-electron chi connectivity index (χ3n) is 5.63. The van der Waals surface area contributed by atoms with E-state index in [0.717, 1.165) is 22.0 Å². The molecule has 0 fully saturated rings. The van der Waals surface area contributed by atoms with E-state index in [1.165, 1.54) is 18.5 Å². The number of aromatic amines is 1. The maximum absolute atomic E-state index is 12.7. The summed E-state index contributed by atoms with van der Waals surface area (Å²) < 4.78 is 5.23. The molecular formula is C26H19N3O5. The van der Waals surface area contributed by atoms with Gasteiger partial charge in [0.25, 0.3) is 11.5 Å². The van der Waals surface area contributed by atoms with Gasteiger partial charge in [0.1, 0.15) is 5.52 Å². The SMILES string of the molecule is O=C(O)c1ccc(Cc2cc3cc(C(=O)NCc4ccc5ocnc5c4)ccc3[nH]c2=O)cc1. The fraction of sp³-hybridized carbons (Fsp3) is 0.0769. The Balaban J connectivity index is 1.35. The molecule has 2 aromatic heterocycles. The largest absolute Gasteiger partial charge is 0.478 e. The van der Waals surface area contributed by atoms with Crippen molar-refractivity contribution in [3.05, 3.63) is 111 Å². The topological polar surface area (TPSA) is 125 Å². The molecule has 0 saturated heterocycles. The Bertz CT molecular complexity index is 1600. The van der Waals surface area contributed by atoms with Crippen molar-refractivity contribution >= 4 is 33.9 Å². The highest BCUT2D eigenvalue weighted by Gasteiger charge is 2.10. The first-order chi connectivity index (χ1) is 16.5. The number of aromatic nitrogens is 2. The van der Waals surface area contributed by atoms with E-state index in [2.05, 4.69) is 15.3 Å². The van der Waals surface area contributed by atoms with Crippen molar-refractivity contribution in [2.24, 2.45) is 0 Å². The number of aromatic carboxylic acids is 1. The number of pyridine rings is 1. The lowest BCUT2D eigenvalue weighted by Gasteiger charge is -2.08. The van der Waals surface area contributed by atoms with E-state index in [1.54, 1.807) is 36.4 Å². The van der Waals surface area contributed by atoms with Crippen LogP contribution in [0.1, 0.15) is 37.4 Å². The van der Waals surface area contributed by atoms with Crippen LogP contribution in [0.2, 0.25) is 0 Å². The minimum absolute atomic E-state index is 0.188. The summed E-state index contributed by atoms with van der Waals surface area (Å²) in [6.07, 6.45) is 1.72. The molecule has 3 aromatic carbocycles. The van der Waals surface area contributed by atoms with Crippen molar-refractivity contribution in [1.29, 1.82) is 0 Å². The third kappa shape index (κ3) is 4.29. The number of fused-ring (bicyclic) bond motifs is 2. The number of hydrogen-bond donors (Lipinski definition) is 3. The summed E-state index contributed by atoms with van der Waals surface area (Å²) in [5.74, 6) is -1.24. The molecule has 1 amide bonds. The number of benzene rings is 3. The molecule has 34 heavy (non-hydrogen) atoms. The monoisotopic (exact) mass is 453 g/mol. The van der Waals surface area contributed by atoms with Gasteiger partial charge in [-0.2, -0.15) is 0 Å². The first-order valence-corrected chi connectivity index (χ1v) is 10.5. The molecule has 0 aliphatic heterocycles. The van der Waals surface area contributed by atoms with Gasteiger partial charge in [-0.15, -0.1) is 0 Å². The van der Waals surface area contributed by atoms with Gasteiger partial charge >= 0.3 is 5.97 Å². The minimum atomic E-state index is -1.00. The molecule has 0 aliphatic carbocycles. The van der Waals surface area contributed by atoms with E-state index in [0.29, 0.717) is 35.2 Å². The van der Waals surface area contributed by atoms with Crippen molar-refractivity contribution in [2.45, 2.75) is 13.0 Å². The van der Waals surface area contributed by atoms with Crippen LogP contribution >= 0.6 is 0 Å². The van der Waals surface area contributed by atoms with E-state index >= 15 is 0 Å². The van der Waals surface area contributed by atoms with Crippen LogP contribution in [0.4, 0.5) is 0 Å². The van der Waals surface area contributed by atoms with Crippen molar-refractivity contribution in [3.63, 3.8) is 0 Å². The van der Waals surface area contributed by atoms with Gasteiger partial charge in [0.2, 0.25) is 0 Å². The zero-order valence-electron chi connectivity index (χ0n) is 17.9. The van der Waals surface area contributed by atoms with Crippen LogP contribution in [0.15, 0.2) is 82.3 Å². The van der Waals surface area contributed by atoms with Crippen molar-refractivity contribution in [2.75, 3.05) is 0 Å². The summed E-state index contributed by atoms with van der Waals surface area (Å²) >= 11 is 0. The normalized spacial score (nSPS) is 11.1. The number of amides is 1. The van der Waals surface area contributed by atoms with Gasteiger partial charge in [0.05, 0.1) is 5.56 Å². The maximum Gasteiger partial charge on any atom is 0.335 e. The molecule has 0 atom stereocenters. The number of nitrogens with zero attached hydrogens (tertiary/aromatic N) is 1. The second kappa shape index (κ2) is 8.67. The number of rotatable bonds is 6. The maximum atomic E-state index is 12.7. The molecule has 5 aromatic rings. The number of hydrogen-bond acceptors (Lipinski definition) is 5. The smallest absolute Gasteiger partial charge is 0.335 e. The Labute approximate surface area is 192 Å². The number of nitrogens with one attached hydrogen (secondary N) is 2. The molecular weight excluding hydrogens is 434 g/mol. The molecule has 5 rings (SSSR count). The van der Waals surface area contributed by atoms with E-state index in [-0.39, 0.29) is 17.0 Å². The summed E-state index contributed by atoms with van der Waals surface area (Å²) in [6.45, 7) is 0.336. The average Bonchev–Trinajstić information content (AvgIpc) is 3.31. The van der Waals surface area contributed by atoms with Gasteiger partial charge in [-0.25, -0.2) is 9.78 Å². The Morgan fingerprint density at radius 2 is 1.71 bits per heavy atom. The van der Waals surface area contributed by atoms with Crippen LogP contribution < -0.4 is 10.9 Å². The second-order valence-corrected chi connectivity index (χ2v) is 7.94. The third-order valence-corrected chi connectivity index (χ3v) is 5.63. The molecule has 3 N–H and O–H groups in total. The molecule has 168 valence electrons. The number of carbonyl (C=O) groups excluding carboxylic acids is 1. The molecule has 0 radical (unpaired) electrons. The van der Waals surface area contributed by atoms with E-state index in [4.69, 9.17) is 9.52 Å². The van der Waals surface area contributed by atoms with Gasteiger partial charge in [-0.3, -0.25) is 9.59 Å². The zero-order chi connectivity index (χ0) is 23.7. The van der Waals surface area contributed by atoms with Crippen molar-refractivity contribution in [1.82, 2.24) is 15.3 Å². The molecule has 2 heterocycles. The van der Waals surface area contributed by atoms with Crippen LogP contribution in [-0.2, 0) is 13.0 Å². The fourth-order valence-electron chi connectivity index (χ4n) is 3.81. The van der Waals surface area contributed by atoms with Gasteiger partial charge < -0.3 is 19.8 Å². The number of carbonyl (C=O) groups is 2. The van der Waals surface area contributed by atoms with Crippen LogP contribution in [0, 0.1) is 0 Å². The van der Waals surface area contributed by atoms with Crippen LogP contribution in [-0.4, -0.2) is 27.0 Å². The quantitative estimate of drug-likeness (QED) is 0.358. The van der Waals surface area contributed by atoms with E-state index < -0.39 is 5.97 Å². The van der Waals surface area contributed by atoms with Crippen molar-refractivity contribution in [3.8, 4) is 0 Å². The molecule has 0 spiro atoms. The Morgan fingerprint density at radius 3 is 2.50 bits per heavy atom.